The van der Waals surface area contributed by atoms with E-state index in [0.717, 1.165) is 0 Å². The number of anilines is 2. The van der Waals surface area contributed by atoms with Crippen molar-refractivity contribution in [2.45, 2.75) is 6.92 Å². The lowest BCUT2D eigenvalue weighted by molar-refractivity contribution is -0.114. The Labute approximate surface area is 127 Å². The van der Waals surface area contributed by atoms with Gasteiger partial charge in [0.2, 0.25) is 5.91 Å². The summed E-state index contributed by atoms with van der Waals surface area (Å²) in [5.41, 5.74) is 1.10. The van der Waals surface area contributed by atoms with Crippen LogP contribution in [0.5, 0.6) is 0 Å². The maximum atomic E-state index is 11.9. The molecular weight excluding hydrogens is 292 g/mol. The van der Waals surface area contributed by atoms with E-state index >= 15 is 0 Å². The predicted octanol–water partition coefficient (Wildman–Crippen LogP) is 1.82. The fraction of sp³-hybridized carbons (Fsp3) is 0.214. The highest BCUT2D eigenvalue weighted by molar-refractivity contribution is 6.18. The number of hydrogen-bond acceptors (Lipinski definition) is 4. The first-order chi connectivity index (χ1) is 10.1. The van der Waals surface area contributed by atoms with Gasteiger partial charge in [0.05, 0.1) is 0 Å². The summed E-state index contributed by atoms with van der Waals surface area (Å²) in [6.07, 6.45) is 1.32. The molecule has 0 spiro atoms. The Morgan fingerprint density at radius 1 is 1.24 bits per heavy atom. The van der Waals surface area contributed by atoms with Crippen LogP contribution in [0.1, 0.15) is 6.92 Å². The van der Waals surface area contributed by atoms with Gasteiger partial charge in [0.1, 0.15) is 11.6 Å². The molecule has 0 aromatic heterocycles. The van der Waals surface area contributed by atoms with Gasteiger partial charge < -0.3 is 16.0 Å². The first kappa shape index (κ1) is 16.5. The Kier molecular flexibility index (Phi) is 6.78. The number of nitrogens with zero attached hydrogens (tertiary/aromatic N) is 1. The van der Waals surface area contributed by atoms with Gasteiger partial charge in [-0.1, -0.05) is 0 Å². The Bertz CT molecular complexity index is 576. The number of nitriles is 1. The molecule has 0 atom stereocenters. The molecule has 0 saturated heterocycles. The molecule has 0 aliphatic rings. The molecule has 1 rings (SSSR count). The number of carbonyl (C=O) groups excluding carboxylic acids is 2. The largest absolute Gasteiger partial charge is 0.388 e. The zero-order valence-corrected chi connectivity index (χ0v) is 12.2. The van der Waals surface area contributed by atoms with E-state index in [1.807, 2.05) is 0 Å². The van der Waals surface area contributed by atoms with E-state index in [1.165, 1.54) is 13.1 Å². The van der Waals surface area contributed by atoms with Crippen LogP contribution in [0.15, 0.2) is 36.0 Å². The number of alkyl halides is 1. The van der Waals surface area contributed by atoms with Crippen LogP contribution in [-0.2, 0) is 9.59 Å². The van der Waals surface area contributed by atoms with Crippen molar-refractivity contribution in [1.82, 2.24) is 5.32 Å². The average molecular weight is 307 g/mol. The van der Waals surface area contributed by atoms with Gasteiger partial charge in [-0.15, -0.1) is 11.6 Å². The highest BCUT2D eigenvalue weighted by Gasteiger charge is 2.09. The van der Waals surface area contributed by atoms with E-state index in [2.05, 4.69) is 16.0 Å². The van der Waals surface area contributed by atoms with Crippen LogP contribution >= 0.6 is 11.6 Å². The van der Waals surface area contributed by atoms with Crippen LogP contribution in [0.3, 0.4) is 0 Å². The molecule has 1 aromatic rings. The summed E-state index contributed by atoms with van der Waals surface area (Å²) in [5, 5.41) is 16.9. The van der Waals surface area contributed by atoms with Gasteiger partial charge in [0, 0.05) is 36.9 Å². The maximum Gasteiger partial charge on any atom is 0.267 e. The molecule has 0 heterocycles. The van der Waals surface area contributed by atoms with Crippen molar-refractivity contribution in [2.75, 3.05) is 23.1 Å². The van der Waals surface area contributed by atoms with E-state index in [9.17, 15) is 9.59 Å². The van der Waals surface area contributed by atoms with Crippen molar-refractivity contribution in [3.63, 3.8) is 0 Å². The van der Waals surface area contributed by atoms with E-state index < -0.39 is 5.91 Å². The zero-order chi connectivity index (χ0) is 15.7. The van der Waals surface area contributed by atoms with Crippen LogP contribution < -0.4 is 16.0 Å². The lowest BCUT2D eigenvalue weighted by atomic mass is 10.2. The molecule has 2 amide bonds. The third-order valence-corrected chi connectivity index (χ3v) is 2.50. The maximum absolute atomic E-state index is 11.9. The molecule has 0 unspecified atom stereocenters. The van der Waals surface area contributed by atoms with E-state index in [1.54, 1.807) is 30.3 Å². The highest BCUT2D eigenvalue weighted by atomic mass is 35.5. The van der Waals surface area contributed by atoms with Gasteiger partial charge in [-0.05, 0) is 24.3 Å². The van der Waals surface area contributed by atoms with Crippen LogP contribution in [0, 0.1) is 11.3 Å². The predicted molar refractivity (Wildman–Crippen MR) is 81.8 cm³/mol. The molecule has 110 valence electrons. The van der Waals surface area contributed by atoms with Crippen molar-refractivity contribution in [2.24, 2.45) is 0 Å². The minimum atomic E-state index is -0.521. The topological polar surface area (TPSA) is 94.0 Å². The van der Waals surface area contributed by atoms with E-state index in [4.69, 9.17) is 16.9 Å². The second-order valence-electron chi connectivity index (χ2n) is 4.03. The van der Waals surface area contributed by atoms with Gasteiger partial charge in [-0.2, -0.15) is 5.26 Å². The smallest absolute Gasteiger partial charge is 0.267 e. The number of nitrogens with one attached hydrogen (secondary N) is 3. The molecule has 21 heavy (non-hydrogen) atoms. The first-order valence-electron chi connectivity index (χ1n) is 6.15. The molecule has 7 heteroatoms. The molecule has 6 nitrogen and oxygen atoms in total. The van der Waals surface area contributed by atoms with Gasteiger partial charge in [-0.3, -0.25) is 9.59 Å². The highest BCUT2D eigenvalue weighted by Crippen LogP contribution is 2.14. The number of rotatable bonds is 6. The summed E-state index contributed by atoms with van der Waals surface area (Å²) >= 11 is 5.48. The van der Waals surface area contributed by atoms with Crippen LogP contribution in [0.2, 0.25) is 0 Å². The fourth-order valence-electron chi connectivity index (χ4n) is 1.42. The van der Waals surface area contributed by atoms with E-state index in [0.29, 0.717) is 23.8 Å². The molecule has 0 aliphatic heterocycles. The fourth-order valence-corrected chi connectivity index (χ4v) is 1.53. The number of amides is 2. The van der Waals surface area contributed by atoms with Crippen LogP contribution in [0.25, 0.3) is 0 Å². The molecular formula is C14H15ClN4O2. The minimum Gasteiger partial charge on any atom is -0.388 e. The normalized spacial score (nSPS) is 10.4. The Balaban J connectivity index is 2.67. The number of benzene rings is 1. The second kappa shape index (κ2) is 8.61. The second-order valence-corrected chi connectivity index (χ2v) is 4.40. The monoisotopic (exact) mass is 306 g/mol. The number of halogens is 1. The summed E-state index contributed by atoms with van der Waals surface area (Å²) in [6, 6.07) is 8.37. The van der Waals surface area contributed by atoms with Crippen molar-refractivity contribution >= 4 is 34.8 Å². The van der Waals surface area contributed by atoms with Crippen LogP contribution in [0.4, 0.5) is 11.4 Å². The standard InChI is InChI=1S/C14H15ClN4O2/c1-10(20)18-12-2-4-13(5-3-12)19-14(21)11(8-16)9-17-7-6-15/h2-5,9,17H,6-7H2,1H3,(H,18,20)(H,19,21)/b11-9-. The molecule has 0 radical (unpaired) electrons. The van der Waals surface area contributed by atoms with Gasteiger partial charge >= 0.3 is 0 Å². The summed E-state index contributed by atoms with van der Waals surface area (Å²) in [4.78, 5) is 22.7. The Hall–Kier alpha value is -2.52. The minimum absolute atomic E-state index is 0.0499. The summed E-state index contributed by atoms with van der Waals surface area (Å²) < 4.78 is 0. The summed E-state index contributed by atoms with van der Waals surface area (Å²) in [5.74, 6) is -0.319. The zero-order valence-electron chi connectivity index (χ0n) is 11.4. The third-order valence-electron chi connectivity index (χ3n) is 2.31. The van der Waals surface area contributed by atoms with Gasteiger partial charge in [-0.25, -0.2) is 0 Å². The lowest BCUT2D eigenvalue weighted by Crippen LogP contribution is -2.17. The molecule has 0 aliphatic carbocycles. The molecule has 0 bridgehead atoms. The Morgan fingerprint density at radius 2 is 1.81 bits per heavy atom. The summed E-state index contributed by atoms with van der Waals surface area (Å²) in [6.45, 7) is 1.87. The van der Waals surface area contributed by atoms with Crippen molar-refractivity contribution in [3.8, 4) is 6.07 Å². The Morgan fingerprint density at radius 3 is 2.29 bits per heavy atom. The third kappa shape index (κ3) is 5.97. The van der Waals surface area contributed by atoms with Crippen molar-refractivity contribution in [3.05, 3.63) is 36.0 Å². The molecule has 1 aromatic carbocycles. The lowest BCUT2D eigenvalue weighted by Gasteiger charge is -2.06. The van der Waals surface area contributed by atoms with Crippen LogP contribution in [-0.4, -0.2) is 24.2 Å². The van der Waals surface area contributed by atoms with Crippen molar-refractivity contribution in [1.29, 1.82) is 5.26 Å². The SMILES string of the molecule is CC(=O)Nc1ccc(NC(=O)/C(C#N)=C\NCCCl)cc1. The molecule has 0 saturated carbocycles. The molecule has 0 fully saturated rings. The van der Waals surface area contributed by atoms with Crippen molar-refractivity contribution < 1.29 is 9.59 Å². The van der Waals surface area contributed by atoms with Gasteiger partial charge in [0.15, 0.2) is 0 Å². The van der Waals surface area contributed by atoms with Gasteiger partial charge in [0.25, 0.3) is 5.91 Å². The summed E-state index contributed by atoms with van der Waals surface area (Å²) in [7, 11) is 0. The molecule has 3 N–H and O–H groups in total. The quantitative estimate of drug-likeness (QED) is 0.323. The number of carbonyl (C=O) groups is 2. The van der Waals surface area contributed by atoms with E-state index in [-0.39, 0.29) is 11.5 Å². The number of hydrogen-bond donors (Lipinski definition) is 3. The average Bonchev–Trinajstić information content (AvgIpc) is 2.45. The first-order valence-corrected chi connectivity index (χ1v) is 6.69.